The van der Waals surface area contributed by atoms with Gasteiger partial charge in [0, 0.05) is 11.8 Å². The summed E-state index contributed by atoms with van der Waals surface area (Å²) in [6, 6.07) is 15.7. The number of hydrogen-bond donors (Lipinski definition) is 3. The number of aromatic carboxylic acids is 1. The van der Waals surface area contributed by atoms with Gasteiger partial charge >= 0.3 is 5.97 Å². The summed E-state index contributed by atoms with van der Waals surface area (Å²) < 4.78 is 10.8. The molecular formula is C21H22N4O4. The maximum atomic E-state index is 11.1. The van der Waals surface area contributed by atoms with Crippen LogP contribution in [0.3, 0.4) is 0 Å². The number of methoxy groups -OCH3 is 1. The van der Waals surface area contributed by atoms with E-state index in [-0.39, 0.29) is 5.56 Å². The van der Waals surface area contributed by atoms with E-state index in [4.69, 9.17) is 14.6 Å². The Balaban J connectivity index is 1.57. The summed E-state index contributed by atoms with van der Waals surface area (Å²) in [6.45, 7) is 2.80. The molecule has 1 aromatic heterocycles. The number of rotatable bonds is 9. The van der Waals surface area contributed by atoms with Crippen molar-refractivity contribution in [1.82, 2.24) is 9.97 Å². The molecule has 29 heavy (non-hydrogen) atoms. The van der Waals surface area contributed by atoms with Gasteiger partial charge in [-0.15, -0.1) is 0 Å². The molecule has 2 aromatic carbocycles. The van der Waals surface area contributed by atoms with Gasteiger partial charge in [-0.05, 0) is 49.4 Å². The Hall–Kier alpha value is -3.81. The van der Waals surface area contributed by atoms with Gasteiger partial charge in [-0.3, -0.25) is 0 Å². The fourth-order valence-corrected chi connectivity index (χ4v) is 2.62. The van der Waals surface area contributed by atoms with E-state index in [1.165, 1.54) is 6.07 Å². The van der Waals surface area contributed by atoms with Crippen LogP contribution in [0, 0.1) is 6.92 Å². The van der Waals surface area contributed by atoms with E-state index in [0.29, 0.717) is 36.3 Å². The molecule has 8 nitrogen and oxygen atoms in total. The standard InChI is InChI=1S/C21H22N4O4/c1-14-23-19(22-10-11-29-18-8-6-17(28-2)7-9-18)13-20(24-14)25-16-5-3-4-15(12-16)21(26)27/h3-9,12-13H,10-11H2,1-2H3,(H,26,27)(H2,22,23,24,25). The number of nitrogens with zero attached hydrogens (tertiary/aromatic N) is 2. The minimum Gasteiger partial charge on any atom is -0.497 e. The third-order valence-corrected chi connectivity index (χ3v) is 3.96. The first-order chi connectivity index (χ1) is 14.0. The number of aryl methyl sites for hydroxylation is 1. The van der Waals surface area contributed by atoms with Gasteiger partial charge in [0.25, 0.3) is 0 Å². The second-order valence-electron chi connectivity index (χ2n) is 6.15. The first-order valence-corrected chi connectivity index (χ1v) is 9.00. The molecule has 0 bridgehead atoms. The smallest absolute Gasteiger partial charge is 0.335 e. The topological polar surface area (TPSA) is 106 Å². The number of anilines is 3. The first kappa shape index (κ1) is 19.9. The second-order valence-corrected chi connectivity index (χ2v) is 6.15. The lowest BCUT2D eigenvalue weighted by atomic mass is 10.2. The van der Waals surface area contributed by atoms with E-state index in [2.05, 4.69) is 20.6 Å². The molecule has 3 rings (SSSR count). The van der Waals surface area contributed by atoms with E-state index in [9.17, 15) is 4.79 Å². The summed E-state index contributed by atoms with van der Waals surface area (Å²) in [5.74, 6) is 2.36. The fraction of sp³-hybridized carbons (Fsp3) is 0.190. The molecule has 8 heteroatoms. The molecule has 0 aliphatic rings. The molecule has 150 valence electrons. The van der Waals surface area contributed by atoms with Crippen LogP contribution in [0.5, 0.6) is 11.5 Å². The van der Waals surface area contributed by atoms with E-state index < -0.39 is 5.97 Å². The zero-order valence-corrected chi connectivity index (χ0v) is 16.2. The molecule has 0 saturated heterocycles. The first-order valence-electron chi connectivity index (χ1n) is 9.00. The number of carbonyl (C=O) groups is 1. The van der Waals surface area contributed by atoms with Crippen LogP contribution in [-0.2, 0) is 0 Å². The number of nitrogens with one attached hydrogen (secondary N) is 2. The normalized spacial score (nSPS) is 10.3. The van der Waals surface area contributed by atoms with Gasteiger partial charge in [0.15, 0.2) is 0 Å². The Bertz CT molecular complexity index is 977. The average molecular weight is 394 g/mol. The van der Waals surface area contributed by atoms with E-state index in [1.54, 1.807) is 38.3 Å². The van der Waals surface area contributed by atoms with Gasteiger partial charge in [0.1, 0.15) is 35.6 Å². The largest absolute Gasteiger partial charge is 0.497 e. The Morgan fingerprint density at radius 2 is 1.76 bits per heavy atom. The summed E-state index contributed by atoms with van der Waals surface area (Å²) in [5, 5.41) is 15.4. The van der Waals surface area contributed by atoms with Crippen LogP contribution in [-0.4, -0.2) is 41.3 Å². The van der Waals surface area contributed by atoms with E-state index in [0.717, 1.165) is 11.5 Å². The lowest BCUT2D eigenvalue weighted by Crippen LogP contribution is -2.13. The van der Waals surface area contributed by atoms with E-state index >= 15 is 0 Å². The minimum absolute atomic E-state index is 0.204. The summed E-state index contributed by atoms with van der Waals surface area (Å²) in [7, 11) is 1.62. The van der Waals surface area contributed by atoms with Gasteiger partial charge in [-0.2, -0.15) is 0 Å². The van der Waals surface area contributed by atoms with Crippen molar-refractivity contribution in [2.75, 3.05) is 30.9 Å². The monoisotopic (exact) mass is 394 g/mol. The number of benzene rings is 2. The van der Waals surface area contributed by atoms with Crippen molar-refractivity contribution in [3.63, 3.8) is 0 Å². The molecule has 3 N–H and O–H groups in total. The van der Waals surface area contributed by atoms with Crippen molar-refractivity contribution in [3.8, 4) is 11.5 Å². The fourth-order valence-electron chi connectivity index (χ4n) is 2.62. The summed E-state index contributed by atoms with van der Waals surface area (Å²) in [4.78, 5) is 19.8. The number of carboxylic acids is 1. The number of ether oxygens (including phenoxy) is 2. The molecule has 0 fully saturated rings. The van der Waals surface area contributed by atoms with Gasteiger partial charge in [0.2, 0.25) is 0 Å². The molecular weight excluding hydrogens is 372 g/mol. The molecule has 0 atom stereocenters. The van der Waals surface area contributed by atoms with Crippen LogP contribution in [0.1, 0.15) is 16.2 Å². The van der Waals surface area contributed by atoms with Crippen molar-refractivity contribution in [2.24, 2.45) is 0 Å². The maximum absolute atomic E-state index is 11.1. The van der Waals surface area contributed by atoms with Crippen LogP contribution in [0.2, 0.25) is 0 Å². The highest BCUT2D eigenvalue weighted by Gasteiger charge is 2.06. The third kappa shape index (κ3) is 5.83. The Morgan fingerprint density at radius 1 is 1.03 bits per heavy atom. The Labute approximate surface area is 168 Å². The van der Waals surface area contributed by atoms with Crippen molar-refractivity contribution < 1.29 is 19.4 Å². The van der Waals surface area contributed by atoms with Crippen LogP contribution in [0.25, 0.3) is 0 Å². The number of aromatic nitrogens is 2. The van der Waals surface area contributed by atoms with Crippen LogP contribution >= 0.6 is 0 Å². The average Bonchev–Trinajstić information content (AvgIpc) is 2.71. The van der Waals surface area contributed by atoms with Crippen molar-refractivity contribution in [2.45, 2.75) is 6.92 Å². The lowest BCUT2D eigenvalue weighted by Gasteiger charge is -2.11. The summed E-state index contributed by atoms with van der Waals surface area (Å²) >= 11 is 0. The van der Waals surface area contributed by atoms with Crippen LogP contribution in [0.15, 0.2) is 54.6 Å². The van der Waals surface area contributed by atoms with Gasteiger partial charge in [-0.1, -0.05) is 6.07 Å². The number of carboxylic acid groups (broad SMARTS) is 1. The summed E-state index contributed by atoms with van der Waals surface area (Å²) in [6.07, 6.45) is 0. The minimum atomic E-state index is -0.980. The molecule has 0 amide bonds. The van der Waals surface area contributed by atoms with Gasteiger partial charge < -0.3 is 25.2 Å². The third-order valence-electron chi connectivity index (χ3n) is 3.96. The summed E-state index contributed by atoms with van der Waals surface area (Å²) in [5.41, 5.74) is 0.839. The number of hydrogen-bond acceptors (Lipinski definition) is 7. The van der Waals surface area contributed by atoms with Crippen molar-refractivity contribution in [1.29, 1.82) is 0 Å². The Kier molecular flexibility index (Phi) is 6.47. The van der Waals surface area contributed by atoms with Crippen molar-refractivity contribution in [3.05, 3.63) is 66.0 Å². The molecule has 3 aromatic rings. The van der Waals surface area contributed by atoms with Gasteiger partial charge in [-0.25, -0.2) is 14.8 Å². The highest BCUT2D eigenvalue weighted by molar-refractivity contribution is 5.89. The lowest BCUT2D eigenvalue weighted by molar-refractivity contribution is 0.0697. The molecule has 0 aliphatic carbocycles. The SMILES string of the molecule is COc1ccc(OCCNc2cc(Nc3cccc(C(=O)O)c3)nc(C)n2)cc1. The molecule has 1 heterocycles. The zero-order chi connectivity index (χ0) is 20.6. The molecule has 0 saturated carbocycles. The predicted molar refractivity (Wildman–Crippen MR) is 110 cm³/mol. The van der Waals surface area contributed by atoms with Crippen LogP contribution in [0.4, 0.5) is 17.3 Å². The second kappa shape index (κ2) is 9.41. The molecule has 0 spiro atoms. The van der Waals surface area contributed by atoms with E-state index in [1.807, 2.05) is 24.3 Å². The predicted octanol–water partition coefficient (Wildman–Crippen LogP) is 3.73. The van der Waals surface area contributed by atoms with Crippen molar-refractivity contribution >= 4 is 23.3 Å². The van der Waals surface area contributed by atoms with Gasteiger partial charge in [0.05, 0.1) is 19.2 Å². The highest BCUT2D eigenvalue weighted by Crippen LogP contribution is 2.19. The maximum Gasteiger partial charge on any atom is 0.335 e. The Morgan fingerprint density at radius 3 is 2.48 bits per heavy atom. The molecule has 0 aliphatic heterocycles. The molecule has 0 radical (unpaired) electrons. The highest BCUT2D eigenvalue weighted by atomic mass is 16.5. The van der Waals surface area contributed by atoms with Crippen LogP contribution < -0.4 is 20.1 Å². The quantitative estimate of drug-likeness (QED) is 0.472. The zero-order valence-electron chi connectivity index (χ0n) is 16.2. The molecule has 0 unspecified atom stereocenters.